The minimum atomic E-state index is -0.387. The van der Waals surface area contributed by atoms with Crippen LogP contribution in [-0.2, 0) is 6.42 Å². The summed E-state index contributed by atoms with van der Waals surface area (Å²) in [5.74, 6) is -0.372. The van der Waals surface area contributed by atoms with Gasteiger partial charge in [0.05, 0.1) is 5.69 Å². The lowest BCUT2D eigenvalue weighted by molar-refractivity contribution is 0.102. The van der Waals surface area contributed by atoms with E-state index in [-0.39, 0.29) is 17.4 Å². The van der Waals surface area contributed by atoms with E-state index in [1.165, 1.54) is 6.07 Å². The summed E-state index contributed by atoms with van der Waals surface area (Å²) in [4.78, 5) is 12.3. The molecule has 0 aliphatic rings. The third-order valence-corrected chi connectivity index (χ3v) is 3.68. The largest absolute Gasteiger partial charge is 0.336 e. The Morgan fingerprint density at radius 2 is 1.68 bits per heavy atom. The average Bonchev–Trinajstić information content (AvgIpc) is 2.64. The number of anilines is 3. The molecule has 3 rings (SSSR count). The Morgan fingerprint density at radius 1 is 0.960 bits per heavy atom. The van der Waals surface area contributed by atoms with Crippen LogP contribution in [0.5, 0.6) is 0 Å². The Balaban J connectivity index is 1.71. The zero-order valence-corrected chi connectivity index (χ0v) is 13.7. The maximum absolute atomic E-state index is 13.6. The first-order chi connectivity index (χ1) is 12.2. The van der Waals surface area contributed by atoms with Crippen molar-refractivity contribution in [3.05, 3.63) is 77.7 Å². The molecule has 0 fully saturated rings. The molecule has 0 aliphatic carbocycles. The quantitative estimate of drug-likeness (QED) is 0.734. The van der Waals surface area contributed by atoms with Gasteiger partial charge >= 0.3 is 0 Å². The number of hydrogen-bond donors (Lipinski definition) is 2. The monoisotopic (exact) mass is 336 g/mol. The van der Waals surface area contributed by atoms with Gasteiger partial charge in [0.1, 0.15) is 5.82 Å². The van der Waals surface area contributed by atoms with E-state index >= 15 is 0 Å². The lowest BCUT2D eigenvalue weighted by Gasteiger charge is -2.09. The summed E-state index contributed by atoms with van der Waals surface area (Å²) < 4.78 is 13.6. The van der Waals surface area contributed by atoms with Crippen LogP contribution in [0.25, 0.3) is 0 Å². The third kappa shape index (κ3) is 3.98. The van der Waals surface area contributed by atoms with Crippen molar-refractivity contribution in [3.63, 3.8) is 0 Å². The molecular formula is C19H17FN4O. The number of amides is 1. The molecule has 0 unspecified atom stereocenters. The van der Waals surface area contributed by atoms with Gasteiger partial charge in [0.15, 0.2) is 11.5 Å². The second kappa shape index (κ2) is 7.53. The molecule has 2 aromatic carbocycles. The van der Waals surface area contributed by atoms with Crippen LogP contribution in [0, 0.1) is 5.82 Å². The van der Waals surface area contributed by atoms with Crippen molar-refractivity contribution in [1.29, 1.82) is 0 Å². The van der Waals surface area contributed by atoms with Crippen LogP contribution >= 0.6 is 0 Å². The van der Waals surface area contributed by atoms with Gasteiger partial charge in [-0.1, -0.05) is 37.3 Å². The van der Waals surface area contributed by atoms with Crippen molar-refractivity contribution in [2.24, 2.45) is 0 Å². The number of carbonyl (C=O) groups excluding carboxylic acids is 1. The number of halogens is 1. The summed E-state index contributed by atoms with van der Waals surface area (Å²) >= 11 is 0. The average molecular weight is 336 g/mol. The maximum Gasteiger partial charge on any atom is 0.276 e. The lowest BCUT2D eigenvalue weighted by Crippen LogP contribution is -2.15. The van der Waals surface area contributed by atoms with Gasteiger partial charge in [-0.3, -0.25) is 4.79 Å². The molecule has 3 aromatic rings. The normalized spacial score (nSPS) is 10.3. The molecule has 0 saturated carbocycles. The molecule has 0 aliphatic heterocycles. The second-order valence-electron chi connectivity index (χ2n) is 5.37. The Hall–Kier alpha value is -3.28. The number of hydrogen-bond acceptors (Lipinski definition) is 4. The third-order valence-electron chi connectivity index (χ3n) is 3.68. The number of benzene rings is 2. The number of aryl methyl sites for hydroxylation is 1. The van der Waals surface area contributed by atoms with E-state index in [1.54, 1.807) is 30.3 Å². The highest BCUT2D eigenvalue weighted by atomic mass is 19.1. The van der Waals surface area contributed by atoms with Crippen LogP contribution in [0.15, 0.2) is 60.7 Å². The van der Waals surface area contributed by atoms with Crippen LogP contribution in [0.3, 0.4) is 0 Å². The topological polar surface area (TPSA) is 66.9 Å². The Kier molecular flexibility index (Phi) is 4.99. The second-order valence-corrected chi connectivity index (χ2v) is 5.37. The molecule has 126 valence electrons. The van der Waals surface area contributed by atoms with Gasteiger partial charge in [0.25, 0.3) is 5.91 Å². The van der Waals surface area contributed by atoms with E-state index in [2.05, 4.69) is 20.8 Å². The molecule has 1 aromatic heterocycles. The van der Waals surface area contributed by atoms with Crippen LogP contribution in [0.2, 0.25) is 0 Å². The molecule has 1 heterocycles. The van der Waals surface area contributed by atoms with E-state index < -0.39 is 0 Å². The molecule has 5 nitrogen and oxygen atoms in total. The zero-order chi connectivity index (χ0) is 17.6. The van der Waals surface area contributed by atoms with Gasteiger partial charge in [-0.25, -0.2) is 4.39 Å². The van der Waals surface area contributed by atoms with Gasteiger partial charge in [0, 0.05) is 5.69 Å². The summed E-state index contributed by atoms with van der Waals surface area (Å²) in [6.07, 6.45) is 0.813. The van der Waals surface area contributed by atoms with Crippen molar-refractivity contribution < 1.29 is 9.18 Å². The van der Waals surface area contributed by atoms with Gasteiger partial charge in [0.2, 0.25) is 0 Å². The number of nitrogens with zero attached hydrogens (tertiary/aromatic N) is 2. The molecular weight excluding hydrogens is 319 g/mol. The summed E-state index contributed by atoms with van der Waals surface area (Å²) in [6.45, 7) is 2.02. The fourth-order valence-electron chi connectivity index (χ4n) is 2.36. The van der Waals surface area contributed by atoms with Gasteiger partial charge in [-0.05, 0) is 42.3 Å². The van der Waals surface area contributed by atoms with Gasteiger partial charge in [-0.15, -0.1) is 10.2 Å². The molecule has 25 heavy (non-hydrogen) atoms. The van der Waals surface area contributed by atoms with E-state index in [4.69, 9.17) is 0 Å². The first-order valence-corrected chi connectivity index (χ1v) is 7.92. The highest BCUT2D eigenvalue weighted by molar-refractivity contribution is 6.03. The summed E-state index contributed by atoms with van der Waals surface area (Å²) in [5, 5.41) is 13.5. The molecule has 0 radical (unpaired) electrons. The van der Waals surface area contributed by atoms with Gasteiger partial charge in [-0.2, -0.15) is 0 Å². The lowest BCUT2D eigenvalue weighted by atomic mass is 10.1. The summed E-state index contributed by atoms with van der Waals surface area (Å²) in [7, 11) is 0. The Labute approximate surface area is 144 Å². The molecule has 0 atom stereocenters. The van der Waals surface area contributed by atoms with Crippen LogP contribution in [-0.4, -0.2) is 16.1 Å². The van der Waals surface area contributed by atoms with Crippen molar-refractivity contribution >= 4 is 23.1 Å². The van der Waals surface area contributed by atoms with Crippen molar-refractivity contribution in [3.8, 4) is 0 Å². The Bertz CT molecular complexity index is 881. The predicted octanol–water partition coefficient (Wildman–Crippen LogP) is 4.17. The predicted molar refractivity (Wildman–Crippen MR) is 95.5 cm³/mol. The molecule has 0 spiro atoms. The number of aromatic nitrogens is 2. The van der Waals surface area contributed by atoms with E-state index in [1.807, 2.05) is 31.2 Å². The first-order valence-electron chi connectivity index (χ1n) is 7.92. The number of para-hydroxylation sites is 2. The molecule has 0 bridgehead atoms. The molecule has 1 amide bonds. The number of rotatable bonds is 5. The Morgan fingerprint density at radius 3 is 2.36 bits per heavy atom. The fourth-order valence-corrected chi connectivity index (χ4v) is 2.36. The standard InChI is InChI=1S/C19H17FN4O/c1-2-13-7-3-5-9-15(13)22-19(25)17-11-12-18(24-23-17)21-16-10-6-4-8-14(16)20/h3-12H,2H2,1H3,(H,21,24)(H,22,25). The van der Waals surface area contributed by atoms with Gasteiger partial charge < -0.3 is 10.6 Å². The van der Waals surface area contributed by atoms with Crippen LogP contribution in [0.1, 0.15) is 23.0 Å². The zero-order valence-electron chi connectivity index (χ0n) is 13.7. The first kappa shape index (κ1) is 16.6. The van der Waals surface area contributed by atoms with Crippen molar-refractivity contribution in [2.45, 2.75) is 13.3 Å². The van der Waals surface area contributed by atoms with E-state index in [9.17, 15) is 9.18 Å². The fraction of sp³-hybridized carbons (Fsp3) is 0.105. The SMILES string of the molecule is CCc1ccccc1NC(=O)c1ccc(Nc2ccccc2F)nn1. The highest BCUT2D eigenvalue weighted by Gasteiger charge is 2.11. The molecule has 6 heteroatoms. The number of carbonyl (C=O) groups is 1. The van der Waals surface area contributed by atoms with Crippen molar-refractivity contribution in [1.82, 2.24) is 10.2 Å². The van der Waals surface area contributed by atoms with Crippen molar-refractivity contribution in [2.75, 3.05) is 10.6 Å². The maximum atomic E-state index is 13.6. The smallest absolute Gasteiger partial charge is 0.276 e. The van der Waals surface area contributed by atoms with E-state index in [0.717, 1.165) is 17.7 Å². The highest BCUT2D eigenvalue weighted by Crippen LogP contribution is 2.18. The minimum Gasteiger partial charge on any atom is -0.336 e. The van der Waals surface area contributed by atoms with Crippen LogP contribution in [0.4, 0.5) is 21.6 Å². The summed E-state index contributed by atoms with van der Waals surface area (Å²) in [5.41, 5.74) is 2.28. The van der Waals surface area contributed by atoms with E-state index in [0.29, 0.717) is 11.5 Å². The summed E-state index contributed by atoms with van der Waals surface area (Å²) in [6, 6.07) is 17.0. The molecule has 0 saturated heterocycles. The van der Waals surface area contributed by atoms with Crippen LogP contribution < -0.4 is 10.6 Å². The minimum absolute atomic E-state index is 0.185. The molecule has 2 N–H and O–H groups in total. The number of nitrogens with one attached hydrogen (secondary N) is 2.